The van der Waals surface area contributed by atoms with Gasteiger partial charge in [-0.1, -0.05) is 0 Å². The molecule has 0 aromatic rings. The molecule has 2 aliphatic heterocycles. The van der Waals surface area contributed by atoms with Crippen LogP contribution >= 0.6 is 0 Å². The van der Waals surface area contributed by atoms with Gasteiger partial charge >= 0.3 is 0 Å². The van der Waals surface area contributed by atoms with E-state index in [1.807, 2.05) is 4.90 Å². The Hall–Kier alpha value is -0.610. The first-order valence-electron chi connectivity index (χ1n) is 4.72. The predicted molar refractivity (Wildman–Crippen MR) is 46.4 cm³/mol. The van der Waals surface area contributed by atoms with Gasteiger partial charge in [-0.2, -0.15) is 0 Å². The lowest BCUT2D eigenvalue weighted by Gasteiger charge is -2.31. The first kappa shape index (κ1) is 8.97. The molecular formula is C9H15NO3. The van der Waals surface area contributed by atoms with Gasteiger partial charge in [0, 0.05) is 20.2 Å². The number of hydrogen-bond donors (Lipinski definition) is 0. The third kappa shape index (κ3) is 1.84. The second-order valence-electron chi connectivity index (χ2n) is 3.69. The summed E-state index contributed by atoms with van der Waals surface area (Å²) in [5.74, 6) is 0.0858. The molecule has 4 nitrogen and oxygen atoms in total. The Morgan fingerprint density at radius 2 is 2.08 bits per heavy atom. The smallest absolute Gasteiger partial charge is 0.248 e. The number of fused-ring (bicyclic) bond motifs is 2. The minimum Gasteiger partial charge on any atom is -0.375 e. The fourth-order valence-corrected chi connectivity index (χ4v) is 2.03. The van der Waals surface area contributed by atoms with Gasteiger partial charge in [-0.25, -0.2) is 0 Å². The van der Waals surface area contributed by atoms with Gasteiger partial charge in [0.1, 0.15) is 6.61 Å². The van der Waals surface area contributed by atoms with E-state index in [4.69, 9.17) is 9.47 Å². The van der Waals surface area contributed by atoms with Crippen LogP contribution in [-0.4, -0.2) is 49.8 Å². The zero-order valence-corrected chi connectivity index (χ0v) is 7.86. The monoisotopic (exact) mass is 185 g/mol. The lowest BCUT2D eigenvalue weighted by Crippen LogP contribution is -2.47. The van der Waals surface area contributed by atoms with Gasteiger partial charge < -0.3 is 14.4 Å². The van der Waals surface area contributed by atoms with Crippen molar-refractivity contribution in [1.29, 1.82) is 0 Å². The molecular weight excluding hydrogens is 170 g/mol. The maximum absolute atomic E-state index is 11.5. The van der Waals surface area contributed by atoms with Crippen molar-refractivity contribution in [2.45, 2.75) is 25.0 Å². The topological polar surface area (TPSA) is 38.8 Å². The van der Waals surface area contributed by atoms with E-state index in [9.17, 15) is 4.79 Å². The highest BCUT2D eigenvalue weighted by Crippen LogP contribution is 2.26. The number of morpholine rings is 1. The Balaban J connectivity index is 1.91. The van der Waals surface area contributed by atoms with Crippen molar-refractivity contribution < 1.29 is 14.3 Å². The number of nitrogens with zero attached hydrogens (tertiary/aromatic N) is 1. The van der Waals surface area contributed by atoms with E-state index in [-0.39, 0.29) is 24.7 Å². The minimum atomic E-state index is 0.0858. The first-order chi connectivity index (χ1) is 6.29. The molecule has 2 aliphatic rings. The average molecular weight is 185 g/mol. The van der Waals surface area contributed by atoms with E-state index in [0.29, 0.717) is 0 Å². The summed E-state index contributed by atoms with van der Waals surface area (Å²) in [5, 5.41) is 0. The van der Waals surface area contributed by atoms with Gasteiger partial charge in [0.2, 0.25) is 5.91 Å². The molecule has 2 bridgehead atoms. The summed E-state index contributed by atoms with van der Waals surface area (Å²) in [5.41, 5.74) is 0. The molecule has 0 aromatic carbocycles. The molecule has 2 unspecified atom stereocenters. The Bertz CT molecular complexity index is 195. The molecule has 0 N–H and O–H groups in total. The molecule has 2 fully saturated rings. The third-order valence-corrected chi connectivity index (χ3v) is 2.66. The maximum Gasteiger partial charge on any atom is 0.248 e. The molecule has 0 aliphatic carbocycles. The number of ether oxygens (including phenoxy) is 2. The molecule has 0 saturated carbocycles. The van der Waals surface area contributed by atoms with Crippen LogP contribution < -0.4 is 0 Å². The fourth-order valence-electron chi connectivity index (χ4n) is 2.03. The van der Waals surface area contributed by atoms with Crippen molar-refractivity contribution in [1.82, 2.24) is 4.90 Å². The molecule has 74 valence electrons. The van der Waals surface area contributed by atoms with Gasteiger partial charge in [-0.3, -0.25) is 4.79 Å². The summed E-state index contributed by atoms with van der Waals surface area (Å²) >= 11 is 0. The van der Waals surface area contributed by atoms with Crippen LogP contribution in [0.4, 0.5) is 0 Å². The van der Waals surface area contributed by atoms with Gasteiger partial charge in [0.15, 0.2) is 0 Å². The molecule has 13 heavy (non-hydrogen) atoms. The van der Waals surface area contributed by atoms with Crippen LogP contribution in [0.25, 0.3) is 0 Å². The van der Waals surface area contributed by atoms with Crippen molar-refractivity contribution in [2.75, 3.05) is 26.8 Å². The Morgan fingerprint density at radius 3 is 2.62 bits per heavy atom. The fraction of sp³-hybridized carbons (Fsp3) is 0.889. The lowest BCUT2D eigenvalue weighted by atomic mass is 10.2. The van der Waals surface area contributed by atoms with Crippen molar-refractivity contribution in [3.63, 3.8) is 0 Å². The van der Waals surface area contributed by atoms with E-state index >= 15 is 0 Å². The summed E-state index contributed by atoms with van der Waals surface area (Å²) in [6.45, 7) is 1.69. The van der Waals surface area contributed by atoms with Crippen LogP contribution in [0, 0.1) is 0 Å². The zero-order chi connectivity index (χ0) is 9.26. The molecule has 1 amide bonds. The predicted octanol–water partition coefficient (Wildman–Crippen LogP) is 0.0226. The molecule has 2 heterocycles. The van der Waals surface area contributed by atoms with E-state index in [0.717, 1.165) is 25.9 Å². The standard InChI is InChI=1S/C9H15NO3/c1-12-6-9(11)10-4-7-2-3-8(5-10)13-7/h7-8H,2-6H2,1H3. The van der Waals surface area contributed by atoms with E-state index < -0.39 is 0 Å². The Kier molecular flexibility index (Phi) is 2.51. The second kappa shape index (κ2) is 3.64. The summed E-state index contributed by atoms with van der Waals surface area (Å²) in [4.78, 5) is 13.3. The van der Waals surface area contributed by atoms with Crippen LogP contribution in [0.1, 0.15) is 12.8 Å². The van der Waals surface area contributed by atoms with Crippen LogP contribution in [0.5, 0.6) is 0 Å². The van der Waals surface area contributed by atoms with Crippen LogP contribution in [0.3, 0.4) is 0 Å². The number of methoxy groups -OCH3 is 1. The van der Waals surface area contributed by atoms with Gasteiger partial charge in [0.25, 0.3) is 0 Å². The highest BCUT2D eigenvalue weighted by molar-refractivity contribution is 5.77. The van der Waals surface area contributed by atoms with Crippen LogP contribution in [-0.2, 0) is 14.3 Å². The number of carbonyl (C=O) groups excluding carboxylic acids is 1. The first-order valence-corrected chi connectivity index (χ1v) is 4.72. The van der Waals surface area contributed by atoms with Gasteiger partial charge in [-0.05, 0) is 12.8 Å². The molecule has 0 radical (unpaired) electrons. The van der Waals surface area contributed by atoms with Crippen molar-refractivity contribution in [2.24, 2.45) is 0 Å². The van der Waals surface area contributed by atoms with E-state index in [1.54, 1.807) is 7.11 Å². The summed E-state index contributed by atoms with van der Waals surface area (Å²) < 4.78 is 10.4. The SMILES string of the molecule is COCC(=O)N1CC2CCC(C1)O2. The molecule has 2 rings (SSSR count). The molecule has 0 aromatic heterocycles. The summed E-state index contributed by atoms with van der Waals surface area (Å²) in [7, 11) is 1.55. The third-order valence-electron chi connectivity index (χ3n) is 2.66. The zero-order valence-electron chi connectivity index (χ0n) is 7.86. The molecule has 0 spiro atoms. The van der Waals surface area contributed by atoms with E-state index in [1.165, 1.54) is 0 Å². The number of rotatable bonds is 2. The molecule has 4 heteroatoms. The second-order valence-corrected chi connectivity index (χ2v) is 3.69. The highest BCUT2D eigenvalue weighted by atomic mass is 16.5. The Labute approximate surface area is 77.8 Å². The molecule has 2 saturated heterocycles. The quantitative estimate of drug-likeness (QED) is 0.609. The van der Waals surface area contributed by atoms with Crippen LogP contribution in [0.2, 0.25) is 0 Å². The highest BCUT2D eigenvalue weighted by Gasteiger charge is 2.35. The number of amides is 1. The van der Waals surface area contributed by atoms with Crippen molar-refractivity contribution >= 4 is 5.91 Å². The Morgan fingerprint density at radius 1 is 1.46 bits per heavy atom. The summed E-state index contributed by atoms with van der Waals surface area (Å²) in [6, 6.07) is 0. The lowest BCUT2D eigenvalue weighted by molar-refractivity contribution is -0.143. The van der Waals surface area contributed by atoms with Crippen molar-refractivity contribution in [3.05, 3.63) is 0 Å². The van der Waals surface area contributed by atoms with E-state index in [2.05, 4.69) is 0 Å². The van der Waals surface area contributed by atoms with Gasteiger partial charge in [-0.15, -0.1) is 0 Å². The number of likely N-dealkylation sites (tertiary alicyclic amines) is 1. The largest absolute Gasteiger partial charge is 0.375 e. The number of carbonyl (C=O) groups is 1. The minimum absolute atomic E-state index is 0.0858. The number of hydrogen-bond acceptors (Lipinski definition) is 3. The van der Waals surface area contributed by atoms with Gasteiger partial charge in [0.05, 0.1) is 12.2 Å². The average Bonchev–Trinajstić information content (AvgIpc) is 2.46. The molecule has 2 atom stereocenters. The maximum atomic E-state index is 11.5. The summed E-state index contributed by atoms with van der Waals surface area (Å²) in [6.07, 6.45) is 2.75. The van der Waals surface area contributed by atoms with Crippen molar-refractivity contribution in [3.8, 4) is 0 Å². The normalized spacial score (nSPS) is 32.2. The van der Waals surface area contributed by atoms with Crippen LogP contribution in [0.15, 0.2) is 0 Å².